The van der Waals surface area contributed by atoms with Crippen LogP contribution in [-0.2, 0) is 11.8 Å². The Balaban J connectivity index is 1.44. The van der Waals surface area contributed by atoms with Crippen molar-refractivity contribution < 1.29 is 9.59 Å². The van der Waals surface area contributed by atoms with E-state index in [9.17, 15) is 9.59 Å². The van der Waals surface area contributed by atoms with Crippen LogP contribution >= 0.6 is 0 Å². The van der Waals surface area contributed by atoms with Gasteiger partial charge in [-0.3, -0.25) is 14.3 Å². The van der Waals surface area contributed by atoms with E-state index < -0.39 is 0 Å². The zero-order chi connectivity index (χ0) is 20.0. The molecule has 0 radical (unpaired) electrons. The summed E-state index contributed by atoms with van der Waals surface area (Å²) in [5.74, 6) is 0.569. The van der Waals surface area contributed by atoms with E-state index >= 15 is 0 Å². The predicted octanol–water partition coefficient (Wildman–Crippen LogP) is 1.71. The van der Waals surface area contributed by atoms with E-state index in [0.29, 0.717) is 24.5 Å². The van der Waals surface area contributed by atoms with E-state index in [-0.39, 0.29) is 24.4 Å². The normalized spacial score (nSPS) is 17.1. The van der Waals surface area contributed by atoms with E-state index in [2.05, 4.69) is 10.4 Å². The Morgan fingerprint density at radius 3 is 2.76 bits per heavy atom. The number of rotatable bonds is 4. The van der Waals surface area contributed by atoms with Crippen LogP contribution in [-0.4, -0.2) is 52.3 Å². The van der Waals surface area contributed by atoms with Gasteiger partial charge < -0.3 is 15.1 Å². The van der Waals surface area contributed by atoms with Gasteiger partial charge in [0.2, 0.25) is 5.91 Å². The maximum absolute atomic E-state index is 12.8. The van der Waals surface area contributed by atoms with Crippen molar-refractivity contribution in [3.63, 3.8) is 0 Å². The summed E-state index contributed by atoms with van der Waals surface area (Å²) in [6.45, 7) is 1.39. The highest BCUT2D eigenvalue weighted by Crippen LogP contribution is 2.27. The molecule has 1 aliphatic carbocycles. The Morgan fingerprint density at radius 1 is 1.21 bits per heavy atom. The van der Waals surface area contributed by atoms with Crippen molar-refractivity contribution in [2.45, 2.75) is 18.9 Å². The van der Waals surface area contributed by atoms with Crippen LogP contribution in [0.3, 0.4) is 0 Å². The van der Waals surface area contributed by atoms with Gasteiger partial charge in [-0.1, -0.05) is 18.2 Å². The van der Waals surface area contributed by atoms with Crippen LogP contribution in [0.4, 0.5) is 11.5 Å². The number of amides is 2. The molecule has 8 heteroatoms. The summed E-state index contributed by atoms with van der Waals surface area (Å²) in [6.07, 6.45) is 5.60. The molecule has 0 bridgehead atoms. The lowest BCUT2D eigenvalue weighted by Gasteiger charge is -2.34. The molecule has 8 nitrogen and oxygen atoms in total. The molecule has 2 amide bonds. The largest absolute Gasteiger partial charge is 0.349 e. The average molecular weight is 390 g/mol. The molecular formula is C21H22N6O2. The number of hydrogen-bond acceptors (Lipinski definition) is 5. The lowest BCUT2D eigenvalue weighted by Crippen LogP contribution is -2.50. The topological polar surface area (TPSA) is 83.4 Å². The van der Waals surface area contributed by atoms with Crippen LogP contribution in [0.5, 0.6) is 0 Å². The molecule has 1 N–H and O–H groups in total. The maximum atomic E-state index is 12.8. The third kappa shape index (κ3) is 3.41. The van der Waals surface area contributed by atoms with Gasteiger partial charge in [-0.25, -0.2) is 4.98 Å². The van der Waals surface area contributed by atoms with Gasteiger partial charge in [-0.05, 0) is 25.0 Å². The zero-order valence-corrected chi connectivity index (χ0v) is 16.2. The highest BCUT2D eigenvalue weighted by molar-refractivity contribution is 6.07. The zero-order valence-electron chi connectivity index (χ0n) is 16.2. The van der Waals surface area contributed by atoms with Crippen LogP contribution in [0.2, 0.25) is 0 Å². The molecular weight excluding hydrogens is 368 g/mol. The van der Waals surface area contributed by atoms with Crippen LogP contribution in [0.25, 0.3) is 10.9 Å². The number of piperazine rings is 1. The fraction of sp³-hybridized carbons (Fsp3) is 0.333. The first-order valence-corrected chi connectivity index (χ1v) is 9.83. The van der Waals surface area contributed by atoms with E-state index in [4.69, 9.17) is 4.98 Å². The van der Waals surface area contributed by atoms with Gasteiger partial charge in [-0.15, -0.1) is 0 Å². The van der Waals surface area contributed by atoms with Crippen molar-refractivity contribution in [3.8, 4) is 0 Å². The molecule has 148 valence electrons. The van der Waals surface area contributed by atoms with E-state index in [1.165, 1.54) is 0 Å². The van der Waals surface area contributed by atoms with Crippen molar-refractivity contribution in [2.75, 3.05) is 29.4 Å². The second kappa shape index (κ2) is 6.88. The summed E-state index contributed by atoms with van der Waals surface area (Å²) in [5, 5.41) is 8.04. The number of para-hydroxylation sites is 1. The SMILES string of the molecule is Cn1cc(N2CCN(c3cc(C(=O)NC4CC4)c4ccccc4n3)CC2=O)cn1. The van der Waals surface area contributed by atoms with Crippen molar-refractivity contribution in [1.82, 2.24) is 20.1 Å². The molecule has 1 aromatic carbocycles. The minimum atomic E-state index is -0.0762. The molecule has 2 fully saturated rings. The monoisotopic (exact) mass is 390 g/mol. The van der Waals surface area contributed by atoms with Gasteiger partial charge in [0.1, 0.15) is 5.82 Å². The van der Waals surface area contributed by atoms with Crippen molar-refractivity contribution >= 4 is 34.2 Å². The Morgan fingerprint density at radius 2 is 2.03 bits per heavy atom. The van der Waals surface area contributed by atoms with Gasteiger partial charge in [-0.2, -0.15) is 5.10 Å². The van der Waals surface area contributed by atoms with Crippen LogP contribution in [0, 0.1) is 0 Å². The number of carbonyl (C=O) groups is 2. The summed E-state index contributed by atoms with van der Waals surface area (Å²) in [6, 6.07) is 9.73. The van der Waals surface area contributed by atoms with Gasteiger partial charge in [0.15, 0.2) is 0 Å². The fourth-order valence-electron chi connectivity index (χ4n) is 3.69. The Labute approximate surface area is 168 Å². The number of hydrogen-bond donors (Lipinski definition) is 1. The van der Waals surface area contributed by atoms with E-state index in [1.54, 1.807) is 15.8 Å². The summed E-state index contributed by atoms with van der Waals surface area (Å²) < 4.78 is 1.69. The molecule has 3 heterocycles. The number of carbonyl (C=O) groups excluding carboxylic acids is 2. The average Bonchev–Trinajstić information content (AvgIpc) is 3.44. The lowest BCUT2D eigenvalue weighted by atomic mass is 10.1. The number of nitrogens with zero attached hydrogens (tertiary/aromatic N) is 5. The molecule has 1 aliphatic heterocycles. The second-order valence-electron chi connectivity index (χ2n) is 7.63. The molecule has 5 rings (SSSR count). The van der Waals surface area contributed by atoms with Crippen LogP contribution in [0.15, 0.2) is 42.7 Å². The third-order valence-electron chi connectivity index (χ3n) is 5.41. The Kier molecular flexibility index (Phi) is 4.19. The van der Waals surface area contributed by atoms with E-state index in [0.717, 1.165) is 29.4 Å². The third-order valence-corrected chi connectivity index (χ3v) is 5.41. The number of aryl methyl sites for hydroxylation is 1. The summed E-state index contributed by atoms with van der Waals surface area (Å²) in [5.41, 5.74) is 2.17. The summed E-state index contributed by atoms with van der Waals surface area (Å²) in [4.78, 5) is 34.0. The van der Waals surface area contributed by atoms with Crippen LogP contribution < -0.4 is 15.1 Å². The first-order valence-electron chi connectivity index (χ1n) is 9.83. The molecule has 0 spiro atoms. The molecule has 0 atom stereocenters. The molecule has 2 aliphatic rings. The Bertz CT molecular complexity index is 1100. The number of pyridine rings is 1. The predicted molar refractivity (Wildman–Crippen MR) is 110 cm³/mol. The first-order chi connectivity index (χ1) is 14.1. The maximum Gasteiger partial charge on any atom is 0.252 e. The van der Waals surface area contributed by atoms with Crippen LogP contribution in [0.1, 0.15) is 23.2 Å². The van der Waals surface area contributed by atoms with Crippen molar-refractivity contribution in [1.29, 1.82) is 0 Å². The van der Waals surface area contributed by atoms with E-state index in [1.807, 2.05) is 48.5 Å². The quantitative estimate of drug-likeness (QED) is 0.733. The molecule has 3 aromatic rings. The summed E-state index contributed by atoms with van der Waals surface area (Å²) in [7, 11) is 1.83. The highest BCUT2D eigenvalue weighted by atomic mass is 16.2. The summed E-state index contributed by atoms with van der Waals surface area (Å²) >= 11 is 0. The van der Waals surface area contributed by atoms with Crippen molar-refractivity contribution in [3.05, 3.63) is 48.3 Å². The van der Waals surface area contributed by atoms with Gasteiger partial charge >= 0.3 is 0 Å². The Hall–Kier alpha value is -3.42. The number of aromatic nitrogens is 3. The standard InChI is InChI=1S/C21H22N6O2/c1-25-12-15(11-22-25)27-9-8-26(13-20(27)28)19-10-17(21(29)23-14-6-7-14)16-4-2-3-5-18(16)24-19/h2-5,10-12,14H,6-9,13H2,1H3,(H,23,29). The van der Waals surface area contributed by atoms with Gasteiger partial charge in [0.05, 0.1) is 29.5 Å². The van der Waals surface area contributed by atoms with Crippen molar-refractivity contribution in [2.24, 2.45) is 7.05 Å². The second-order valence-corrected chi connectivity index (χ2v) is 7.63. The number of benzene rings is 1. The lowest BCUT2D eigenvalue weighted by molar-refractivity contribution is -0.117. The first kappa shape index (κ1) is 17.7. The van der Waals surface area contributed by atoms with Gasteiger partial charge in [0.25, 0.3) is 5.91 Å². The molecule has 2 aromatic heterocycles. The minimum absolute atomic E-state index is 0.0109. The molecule has 1 saturated heterocycles. The highest BCUT2D eigenvalue weighted by Gasteiger charge is 2.29. The number of nitrogens with one attached hydrogen (secondary N) is 1. The molecule has 1 saturated carbocycles. The van der Waals surface area contributed by atoms with Gasteiger partial charge in [0, 0.05) is 37.8 Å². The number of fused-ring (bicyclic) bond motifs is 1. The molecule has 0 unspecified atom stereocenters. The number of anilines is 2. The smallest absolute Gasteiger partial charge is 0.252 e. The minimum Gasteiger partial charge on any atom is -0.349 e. The molecule has 29 heavy (non-hydrogen) atoms. The fourth-order valence-corrected chi connectivity index (χ4v) is 3.69.